The second kappa shape index (κ2) is 12.2. The van der Waals surface area contributed by atoms with Crippen molar-refractivity contribution < 1.29 is 23.6 Å². The Morgan fingerprint density at radius 2 is 1.37 bits per heavy atom. The maximum absolute atomic E-state index is 13.1. The van der Waals surface area contributed by atoms with Gasteiger partial charge in [-0.1, -0.05) is 83.0 Å². The van der Waals surface area contributed by atoms with E-state index in [1.807, 2.05) is 48.5 Å². The van der Waals surface area contributed by atoms with E-state index in [4.69, 9.17) is 37.2 Å². The molecule has 0 aliphatic heterocycles. The van der Waals surface area contributed by atoms with E-state index in [0.29, 0.717) is 29.3 Å². The lowest BCUT2D eigenvalue weighted by Crippen LogP contribution is -2.28. The van der Waals surface area contributed by atoms with E-state index in [-0.39, 0.29) is 34.7 Å². The summed E-state index contributed by atoms with van der Waals surface area (Å²) >= 11 is 12.9. The number of nitrogens with zero attached hydrogens (tertiary/aromatic N) is 2. The van der Waals surface area contributed by atoms with Crippen LogP contribution in [0.5, 0.6) is 0 Å². The Morgan fingerprint density at radius 3 is 1.95 bits per heavy atom. The molecular formula is C29H26Cl2N2O5. The van der Waals surface area contributed by atoms with Gasteiger partial charge in [-0.3, -0.25) is 4.79 Å². The fourth-order valence-corrected chi connectivity index (χ4v) is 4.58. The molecule has 0 fully saturated rings. The lowest BCUT2D eigenvalue weighted by molar-refractivity contribution is -0.142. The van der Waals surface area contributed by atoms with Crippen molar-refractivity contribution in [3.8, 4) is 22.5 Å². The zero-order chi connectivity index (χ0) is 27.2. The number of hydrogen-bond donors (Lipinski definition) is 0. The second-order valence-electron chi connectivity index (χ2n) is 8.31. The van der Waals surface area contributed by atoms with Gasteiger partial charge in [0.15, 0.2) is 5.76 Å². The molecular weight excluding hydrogens is 527 g/mol. The fourth-order valence-electron chi connectivity index (χ4n) is 4.01. The van der Waals surface area contributed by atoms with Crippen LogP contribution in [-0.2, 0) is 20.7 Å². The van der Waals surface area contributed by atoms with Gasteiger partial charge < -0.3 is 14.0 Å². The molecule has 196 valence electrons. The molecule has 0 saturated heterocycles. The number of hydrogen-bond acceptors (Lipinski definition) is 6. The minimum atomic E-state index is -0.658. The zero-order valence-electron chi connectivity index (χ0n) is 21.2. The molecule has 0 aliphatic carbocycles. The quantitative estimate of drug-likeness (QED) is 0.206. The SMILES string of the molecule is CCOC(=O)Cc1ccc(-c2ccc(-c3onc(C)c3N(C(=O)OCC)c3c(Cl)cccc3Cl)cc2)cc1. The van der Waals surface area contributed by atoms with Crippen molar-refractivity contribution >= 4 is 46.6 Å². The first-order valence-corrected chi connectivity index (χ1v) is 12.8. The Kier molecular flexibility index (Phi) is 8.71. The van der Waals surface area contributed by atoms with Crippen molar-refractivity contribution in [2.75, 3.05) is 18.1 Å². The molecule has 1 aromatic heterocycles. The van der Waals surface area contributed by atoms with Gasteiger partial charge in [0.05, 0.1) is 35.4 Å². The highest BCUT2D eigenvalue weighted by atomic mass is 35.5. The summed E-state index contributed by atoms with van der Waals surface area (Å²) in [5.74, 6) is 0.112. The summed E-state index contributed by atoms with van der Waals surface area (Å²) in [7, 11) is 0. The number of carbonyl (C=O) groups is 2. The van der Waals surface area contributed by atoms with E-state index in [1.54, 1.807) is 39.0 Å². The number of aromatic nitrogens is 1. The lowest BCUT2D eigenvalue weighted by Gasteiger charge is -2.24. The van der Waals surface area contributed by atoms with E-state index < -0.39 is 6.09 Å². The van der Waals surface area contributed by atoms with E-state index in [9.17, 15) is 9.59 Å². The molecule has 3 aromatic carbocycles. The van der Waals surface area contributed by atoms with Crippen molar-refractivity contribution in [1.29, 1.82) is 0 Å². The summed E-state index contributed by atoms with van der Waals surface area (Å²) in [5, 5.41) is 4.67. The van der Waals surface area contributed by atoms with Crippen molar-refractivity contribution in [2.45, 2.75) is 27.2 Å². The Morgan fingerprint density at radius 1 is 0.816 bits per heavy atom. The summed E-state index contributed by atoms with van der Waals surface area (Å²) in [4.78, 5) is 26.2. The molecule has 0 spiro atoms. The van der Waals surface area contributed by atoms with Gasteiger partial charge in [0, 0.05) is 5.56 Å². The number of esters is 1. The number of benzene rings is 3. The summed E-state index contributed by atoms with van der Waals surface area (Å²) in [6, 6.07) is 20.3. The average molecular weight is 553 g/mol. The highest BCUT2D eigenvalue weighted by molar-refractivity contribution is 6.40. The number of anilines is 2. The first kappa shape index (κ1) is 27.2. The number of aryl methyl sites for hydroxylation is 1. The van der Waals surface area contributed by atoms with Crippen molar-refractivity contribution in [1.82, 2.24) is 5.16 Å². The molecule has 1 heterocycles. The predicted molar refractivity (Wildman–Crippen MR) is 148 cm³/mol. The molecule has 7 nitrogen and oxygen atoms in total. The maximum Gasteiger partial charge on any atom is 0.419 e. The van der Waals surface area contributed by atoms with Gasteiger partial charge >= 0.3 is 12.1 Å². The summed E-state index contributed by atoms with van der Waals surface area (Å²) in [6.45, 7) is 5.75. The highest BCUT2D eigenvalue weighted by Gasteiger charge is 2.31. The molecule has 0 N–H and O–H groups in total. The molecule has 0 atom stereocenters. The first-order chi connectivity index (χ1) is 18.3. The van der Waals surface area contributed by atoms with Crippen molar-refractivity contribution in [3.63, 3.8) is 0 Å². The number of para-hydroxylation sites is 1. The van der Waals surface area contributed by atoms with Crippen LogP contribution in [0.1, 0.15) is 25.1 Å². The molecule has 4 aromatic rings. The van der Waals surface area contributed by atoms with Crippen LogP contribution in [0.2, 0.25) is 10.0 Å². The summed E-state index contributed by atoms with van der Waals surface area (Å²) < 4.78 is 16.0. The third-order valence-electron chi connectivity index (χ3n) is 5.75. The van der Waals surface area contributed by atoms with Gasteiger partial charge in [-0.25, -0.2) is 9.69 Å². The maximum atomic E-state index is 13.1. The van der Waals surface area contributed by atoms with Crippen LogP contribution in [0.3, 0.4) is 0 Å². The van der Waals surface area contributed by atoms with E-state index in [1.165, 1.54) is 4.90 Å². The molecule has 1 amide bonds. The number of halogens is 2. The Balaban J connectivity index is 1.68. The van der Waals surface area contributed by atoms with E-state index in [0.717, 1.165) is 16.7 Å². The van der Waals surface area contributed by atoms with E-state index >= 15 is 0 Å². The topological polar surface area (TPSA) is 81.9 Å². The van der Waals surface area contributed by atoms with Crippen molar-refractivity contribution in [2.24, 2.45) is 0 Å². The van der Waals surface area contributed by atoms with Crippen LogP contribution >= 0.6 is 23.2 Å². The first-order valence-electron chi connectivity index (χ1n) is 12.1. The Bertz CT molecular complexity index is 1410. The van der Waals surface area contributed by atoms with Crippen LogP contribution in [0.15, 0.2) is 71.3 Å². The molecule has 0 aliphatic rings. The molecule has 0 saturated carbocycles. The van der Waals surface area contributed by atoms with Gasteiger partial charge in [0.2, 0.25) is 0 Å². The third-order valence-corrected chi connectivity index (χ3v) is 6.36. The van der Waals surface area contributed by atoms with Crippen LogP contribution in [0.25, 0.3) is 22.5 Å². The number of carbonyl (C=O) groups excluding carboxylic acids is 2. The summed E-state index contributed by atoms with van der Waals surface area (Å²) in [6.07, 6.45) is -0.429. The van der Waals surface area contributed by atoms with Crippen LogP contribution in [-0.4, -0.2) is 30.4 Å². The minimum Gasteiger partial charge on any atom is -0.466 e. The monoisotopic (exact) mass is 552 g/mol. The van der Waals surface area contributed by atoms with Crippen LogP contribution < -0.4 is 4.90 Å². The smallest absolute Gasteiger partial charge is 0.419 e. The zero-order valence-corrected chi connectivity index (χ0v) is 22.7. The van der Waals surface area contributed by atoms with Gasteiger partial charge in [-0.15, -0.1) is 0 Å². The molecule has 38 heavy (non-hydrogen) atoms. The van der Waals surface area contributed by atoms with Crippen LogP contribution in [0.4, 0.5) is 16.2 Å². The lowest BCUT2D eigenvalue weighted by atomic mass is 10.0. The number of ether oxygens (including phenoxy) is 2. The largest absolute Gasteiger partial charge is 0.466 e. The minimum absolute atomic E-state index is 0.157. The second-order valence-corrected chi connectivity index (χ2v) is 9.12. The van der Waals surface area contributed by atoms with Gasteiger partial charge in [-0.2, -0.15) is 0 Å². The van der Waals surface area contributed by atoms with Gasteiger partial charge in [0.25, 0.3) is 0 Å². The van der Waals surface area contributed by atoms with E-state index in [2.05, 4.69) is 5.16 Å². The summed E-state index contributed by atoms with van der Waals surface area (Å²) in [5.41, 5.74) is 4.64. The molecule has 0 bridgehead atoms. The number of amides is 1. The molecule has 9 heteroatoms. The molecule has 4 rings (SSSR count). The third kappa shape index (κ3) is 5.85. The highest BCUT2D eigenvalue weighted by Crippen LogP contribution is 2.44. The Labute approximate surface area is 230 Å². The van der Waals surface area contributed by atoms with Crippen LogP contribution in [0, 0.1) is 6.92 Å². The van der Waals surface area contributed by atoms with Gasteiger partial charge in [-0.05, 0) is 49.6 Å². The van der Waals surface area contributed by atoms with Gasteiger partial charge in [0.1, 0.15) is 11.4 Å². The Hall–Kier alpha value is -3.81. The standard InChI is InChI=1S/C29H26Cl2N2O5/c1-4-36-25(34)17-19-9-11-20(12-10-19)21-13-15-22(16-14-21)28-26(18(3)32-38-28)33(29(35)37-5-2)27-23(30)7-6-8-24(27)31/h6-16H,4-5,17H2,1-3H3. The predicted octanol–water partition coefficient (Wildman–Crippen LogP) is 8.02. The average Bonchev–Trinajstić information content (AvgIpc) is 3.28. The van der Waals surface area contributed by atoms with Crippen molar-refractivity contribution in [3.05, 3.63) is 88.0 Å². The fraction of sp³-hybridized carbons (Fsp3) is 0.207. The molecule has 0 unspecified atom stereocenters. The normalized spacial score (nSPS) is 10.8. The molecule has 0 radical (unpaired) electrons. The number of rotatable bonds is 8.